The monoisotopic (exact) mass is 157 g/mol. The van der Waals surface area contributed by atoms with Crippen LogP contribution in [0.5, 0.6) is 0 Å². The molecule has 0 aromatic carbocycles. The van der Waals surface area contributed by atoms with E-state index < -0.39 is 0 Å². The van der Waals surface area contributed by atoms with Gasteiger partial charge in [-0.25, -0.2) is 0 Å². The lowest BCUT2D eigenvalue weighted by Crippen LogP contribution is -2.28. The molecule has 0 bridgehead atoms. The molecule has 0 rings (SSSR count). The van der Waals surface area contributed by atoms with Gasteiger partial charge in [0.2, 0.25) is 5.91 Å². The Balaban J connectivity index is 3.97. The van der Waals surface area contributed by atoms with Gasteiger partial charge in [0.1, 0.15) is 0 Å². The molecule has 0 aromatic rings. The van der Waals surface area contributed by atoms with E-state index in [1.807, 2.05) is 0 Å². The number of nitrogens with two attached hydrogens (primary N) is 1. The van der Waals surface area contributed by atoms with Crippen LogP contribution in [0.3, 0.4) is 0 Å². The van der Waals surface area contributed by atoms with Crippen molar-refractivity contribution in [1.82, 2.24) is 0 Å². The Morgan fingerprint density at radius 3 is 2.27 bits per heavy atom. The molecule has 0 aliphatic carbocycles. The molecule has 2 unspecified atom stereocenters. The van der Waals surface area contributed by atoms with E-state index in [2.05, 4.69) is 20.8 Å². The Hall–Kier alpha value is -0.530. The highest BCUT2D eigenvalue weighted by molar-refractivity contribution is 5.76. The van der Waals surface area contributed by atoms with Gasteiger partial charge in [0.05, 0.1) is 0 Å². The molecule has 0 fully saturated rings. The van der Waals surface area contributed by atoms with E-state index in [9.17, 15) is 4.79 Å². The Labute approximate surface area is 69.2 Å². The van der Waals surface area contributed by atoms with Gasteiger partial charge >= 0.3 is 0 Å². The summed E-state index contributed by atoms with van der Waals surface area (Å²) in [6, 6.07) is 0. The molecular formula is C9H19NO. The van der Waals surface area contributed by atoms with Crippen molar-refractivity contribution in [3.05, 3.63) is 0 Å². The summed E-state index contributed by atoms with van der Waals surface area (Å²) < 4.78 is 0. The van der Waals surface area contributed by atoms with Crippen LogP contribution >= 0.6 is 0 Å². The fourth-order valence-corrected chi connectivity index (χ4v) is 1.30. The number of carbonyl (C=O) groups is 1. The van der Waals surface area contributed by atoms with Gasteiger partial charge < -0.3 is 5.73 Å². The van der Waals surface area contributed by atoms with Crippen molar-refractivity contribution in [2.24, 2.45) is 17.6 Å². The molecule has 2 N–H and O–H groups in total. The lowest BCUT2D eigenvalue weighted by atomic mass is 9.88. The summed E-state index contributed by atoms with van der Waals surface area (Å²) in [4.78, 5) is 10.9. The van der Waals surface area contributed by atoms with Crippen LogP contribution in [0.15, 0.2) is 0 Å². The molecule has 0 aliphatic rings. The van der Waals surface area contributed by atoms with Crippen LogP contribution in [0.1, 0.15) is 40.0 Å². The fourth-order valence-electron chi connectivity index (χ4n) is 1.30. The maximum Gasteiger partial charge on any atom is 0.220 e. The number of carbonyl (C=O) groups excluding carboxylic acids is 1. The van der Waals surface area contributed by atoms with E-state index in [4.69, 9.17) is 5.73 Å². The Morgan fingerprint density at radius 2 is 2.00 bits per heavy atom. The first kappa shape index (κ1) is 10.5. The molecule has 0 spiro atoms. The first-order chi connectivity index (χ1) is 5.13. The van der Waals surface area contributed by atoms with Crippen molar-refractivity contribution < 1.29 is 4.79 Å². The third-order valence-corrected chi connectivity index (χ3v) is 2.30. The summed E-state index contributed by atoms with van der Waals surface area (Å²) in [5.41, 5.74) is 5.26. The molecule has 0 saturated carbocycles. The van der Waals surface area contributed by atoms with Crippen molar-refractivity contribution >= 4 is 5.91 Å². The topological polar surface area (TPSA) is 43.1 Å². The average molecular weight is 157 g/mol. The first-order valence-corrected chi connectivity index (χ1v) is 4.42. The molecular weight excluding hydrogens is 138 g/mol. The fraction of sp³-hybridized carbons (Fsp3) is 0.889. The minimum absolute atomic E-state index is 0.0880. The molecule has 0 aliphatic heterocycles. The minimum atomic E-state index is -0.138. The minimum Gasteiger partial charge on any atom is -0.369 e. The van der Waals surface area contributed by atoms with Gasteiger partial charge in [-0.05, 0) is 12.3 Å². The second-order valence-electron chi connectivity index (χ2n) is 3.18. The molecule has 1 amide bonds. The van der Waals surface area contributed by atoms with E-state index in [-0.39, 0.29) is 11.8 Å². The van der Waals surface area contributed by atoms with E-state index >= 15 is 0 Å². The normalized spacial score (nSPS) is 15.9. The quantitative estimate of drug-likeness (QED) is 0.651. The summed E-state index contributed by atoms with van der Waals surface area (Å²) in [5.74, 6) is 0.388. The third-order valence-electron chi connectivity index (χ3n) is 2.30. The van der Waals surface area contributed by atoms with Crippen LogP contribution in [-0.2, 0) is 4.79 Å². The van der Waals surface area contributed by atoms with Gasteiger partial charge in [-0.1, -0.05) is 33.6 Å². The largest absolute Gasteiger partial charge is 0.369 e. The highest BCUT2D eigenvalue weighted by atomic mass is 16.1. The average Bonchev–Trinajstić information content (AvgIpc) is 1.98. The number of rotatable bonds is 5. The van der Waals surface area contributed by atoms with Gasteiger partial charge in [0, 0.05) is 5.92 Å². The zero-order valence-corrected chi connectivity index (χ0v) is 7.76. The van der Waals surface area contributed by atoms with Crippen LogP contribution in [0.2, 0.25) is 0 Å². The van der Waals surface area contributed by atoms with Crippen molar-refractivity contribution in [2.45, 2.75) is 40.0 Å². The number of hydrogen-bond donors (Lipinski definition) is 1. The summed E-state index contributed by atoms with van der Waals surface area (Å²) in [7, 11) is 0. The van der Waals surface area contributed by atoms with Crippen molar-refractivity contribution in [3.63, 3.8) is 0 Å². The van der Waals surface area contributed by atoms with E-state index in [0.29, 0.717) is 5.92 Å². The van der Waals surface area contributed by atoms with E-state index in [1.165, 1.54) is 0 Å². The molecule has 2 nitrogen and oxygen atoms in total. The highest BCUT2D eigenvalue weighted by Crippen LogP contribution is 2.19. The van der Waals surface area contributed by atoms with Gasteiger partial charge in [-0.15, -0.1) is 0 Å². The summed E-state index contributed by atoms with van der Waals surface area (Å²) >= 11 is 0. The summed E-state index contributed by atoms with van der Waals surface area (Å²) in [6.07, 6.45) is 3.01. The van der Waals surface area contributed by atoms with Crippen LogP contribution < -0.4 is 5.73 Å². The Morgan fingerprint density at radius 1 is 1.45 bits per heavy atom. The van der Waals surface area contributed by atoms with Crippen molar-refractivity contribution in [3.8, 4) is 0 Å². The maximum atomic E-state index is 10.9. The van der Waals surface area contributed by atoms with E-state index in [1.54, 1.807) is 0 Å². The number of primary amides is 1. The lowest BCUT2D eigenvalue weighted by molar-refractivity contribution is -0.123. The lowest BCUT2D eigenvalue weighted by Gasteiger charge is -2.18. The second kappa shape index (κ2) is 5.16. The van der Waals surface area contributed by atoms with Gasteiger partial charge in [0.25, 0.3) is 0 Å². The van der Waals surface area contributed by atoms with Crippen LogP contribution in [-0.4, -0.2) is 5.91 Å². The molecule has 66 valence electrons. The van der Waals surface area contributed by atoms with Gasteiger partial charge in [-0.2, -0.15) is 0 Å². The highest BCUT2D eigenvalue weighted by Gasteiger charge is 2.19. The maximum absolute atomic E-state index is 10.9. The van der Waals surface area contributed by atoms with E-state index in [0.717, 1.165) is 19.3 Å². The SMILES string of the molecule is CCCC(C(N)=O)C(C)CC. The molecule has 0 radical (unpaired) electrons. The third kappa shape index (κ3) is 3.40. The number of amides is 1. The zero-order chi connectivity index (χ0) is 8.85. The molecule has 11 heavy (non-hydrogen) atoms. The molecule has 0 heterocycles. The van der Waals surface area contributed by atoms with Gasteiger partial charge in [0.15, 0.2) is 0 Å². The standard InChI is InChI=1S/C9H19NO/c1-4-6-8(9(10)11)7(3)5-2/h7-8H,4-6H2,1-3H3,(H2,10,11). The van der Waals surface area contributed by atoms with Crippen molar-refractivity contribution in [1.29, 1.82) is 0 Å². The van der Waals surface area contributed by atoms with Gasteiger partial charge in [-0.3, -0.25) is 4.79 Å². The van der Waals surface area contributed by atoms with Crippen LogP contribution in [0, 0.1) is 11.8 Å². The van der Waals surface area contributed by atoms with Crippen LogP contribution in [0.4, 0.5) is 0 Å². The predicted octanol–water partition coefficient (Wildman–Crippen LogP) is 1.93. The Bertz CT molecular complexity index is 123. The Kier molecular flexibility index (Phi) is 4.92. The second-order valence-corrected chi connectivity index (χ2v) is 3.18. The molecule has 2 heteroatoms. The smallest absolute Gasteiger partial charge is 0.220 e. The first-order valence-electron chi connectivity index (χ1n) is 4.42. The predicted molar refractivity (Wildman–Crippen MR) is 47.0 cm³/mol. The van der Waals surface area contributed by atoms with Crippen LogP contribution in [0.25, 0.3) is 0 Å². The van der Waals surface area contributed by atoms with Crippen molar-refractivity contribution in [2.75, 3.05) is 0 Å². The molecule has 2 atom stereocenters. The number of hydrogen-bond acceptors (Lipinski definition) is 1. The summed E-state index contributed by atoms with van der Waals surface area (Å²) in [6.45, 7) is 6.26. The molecule has 0 saturated heterocycles. The zero-order valence-electron chi connectivity index (χ0n) is 7.76. The molecule has 0 aromatic heterocycles. The summed E-state index contributed by atoms with van der Waals surface area (Å²) in [5, 5.41) is 0.